The summed E-state index contributed by atoms with van der Waals surface area (Å²) in [7, 11) is 0. The lowest BCUT2D eigenvalue weighted by Gasteiger charge is -2.09. The molecule has 3 aromatic rings. The second kappa shape index (κ2) is 11.2. The van der Waals surface area contributed by atoms with Gasteiger partial charge in [-0.25, -0.2) is 0 Å². The van der Waals surface area contributed by atoms with Crippen molar-refractivity contribution in [1.82, 2.24) is 10.3 Å². The number of carbonyl (C=O) groups is 2. The third-order valence-corrected chi connectivity index (χ3v) is 5.21. The molecule has 6 heteroatoms. The van der Waals surface area contributed by atoms with E-state index in [1.54, 1.807) is 13.8 Å². The molecule has 2 N–H and O–H groups in total. The molecule has 0 unspecified atom stereocenters. The molecule has 32 heavy (non-hydrogen) atoms. The van der Waals surface area contributed by atoms with Crippen LogP contribution in [0.3, 0.4) is 0 Å². The Bertz CT molecular complexity index is 1040. The first kappa shape index (κ1) is 23.1. The topological polar surface area (TPSA) is 80.4 Å². The van der Waals surface area contributed by atoms with Gasteiger partial charge in [0.1, 0.15) is 23.8 Å². The van der Waals surface area contributed by atoms with Crippen LogP contribution >= 0.6 is 0 Å². The van der Waals surface area contributed by atoms with E-state index in [4.69, 9.17) is 9.47 Å². The van der Waals surface area contributed by atoms with Crippen LogP contribution < -0.4 is 14.8 Å². The molecule has 1 aromatic heterocycles. The number of aryl methyl sites for hydroxylation is 1. The maximum absolute atomic E-state index is 12.4. The van der Waals surface area contributed by atoms with Gasteiger partial charge in [-0.1, -0.05) is 30.3 Å². The van der Waals surface area contributed by atoms with Crippen LogP contribution in [-0.4, -0.2) is 29.8 Å². The summed E-state index contributed by atoms with van der Waals surface area (Å²) in [6.45, 7) is 6.75. The molecule has 0 spiro atoms. The van der Waals surface area contributed by atoms with Gasteiger partial charge < -0.3 is 19.8 Å². The molecular weight excluding hydrogens is 404 g/mol. The van der Waals surface area contributed by atoms with Crippen LogP contribution in [0.2, 0.25) is 0 Å². The Hall–Kier alpha value is -3.54. The molecule has 0 saturated heterocycles. The lowest BCUT2D eigenvalue weighted by atomic mass is 10.1. The molecule has 0 radical (unpaired) electrons. The quantitative estimate of drug-likeness (QED) is 0.329. The Morgan fingerprint density at radius 2 is 1.56 bits per heavy atom. The number of aromatic nitrogens is 1. The van der Waals surface area contributed by atoms with E-state index in [1.807, 2.05) is 54.6 Å². The number of H-pyrrole nitrogens is 1. The highest BCUT2D eigenvalue weighted by atomic mass is 16.5. The second-order valence-corrected chi connectivity index (χ2v) is 7.74. The number of rotatable bonds is 11. The van der Waals surface area contributed by atoms with E-state index in [1.165, 1.54) is 6.92 Å². The van der Waals surface area contributed by atoms with Crippen LogP contribution in [0.25, 0.3) is 0 Å². The van der Waals surface area contributed by atoms with E-state index in [0.29, 0.717) is 36.6 Å². The Morgan fingerprint density at radius 1 is 0.906 bits per heavy atom. The van der Waals surface area contributed by atoms with Crippen molar-refractivity contribution in [3.8, 4) is 11.5 Å². The van der Waals surface area contributed by atoms with Gasteiger partial charge in [0.05, 0.1) is 6.61 Å². The molecule has 168 valence electrons. The third-order valence-electron chi connectivity index (χ3n) is 5.21. The van der Waals surface area contributed by atoms with Gasteiger partial charge in [0.25, 0.3) is 5.91 Å². The fourth-order valence-corrected chi connectivity index (χ4v) is 3.59. The first-order chi connectivity index (χ1) is 15.5. The number of ketones is 1. The maximum Gasteiger partial charge on any atom is 0.268 e. The van der Waals surface area contributed by atoms with Crippen molar-refractivity contribution in [1.29, 1.82) is 0 Å². The van der Waals surface area contributed by atoms with Crippen molar-refractivity contribution in [2.75, 3.05) is 13.2 Å². The predicted molar refractivity (Wildman–Crippen MR) is 125 cm³/mol. The van der Waals surface area contributed by atoms with Crippen LogP contribution in [-0.2, 0) is 6.61 Å². The van der Waals surface area contributed by atoms with Gasteiger partial charge in [0.15, 0.2) is 5.78 Å². The number of unbranched alkanes of at least 4 members (excludes halogenated alkanes) is 1. The molecule has 2 aromatic carbocycles. The predicted octanol–water partition coefficient (Wildman–Crippen LogP) is 5.00. The zero-order valence-corrected chi connectivity index (χ0v) is 18.9. The van der Waals surface area contributed by atoms with Gasteiger partial charge in [-0.15, -0.1) is 0 Å². The van der Waals surface area contributed by atoms with Gasteiger partial charge in [0.2, 0.25) is 0 Å². The van der Waals surface area contributed by atoms with Crippen molar-refractivity contribution in [3.05, 3.63) is 82.7 Å². The van der Waals surface area contributed by atoms with Gasteiger partial charge in [-0.2, -0.15) is 0 Å². The number of nitrogens with one attached hydrogen (secondary N) is 2. The van der Waals surface area contributed by atoms with Crippen molar-refractivity contribution < 1.29 is 19.1 Å². The molecule has 0 saturated carbocycles. The van der Waals surface area contributed by atoms with Crippen molar-refractivity contribution in [3.63, 3.8) is 0 Å². The molecule has 0 aliphatic rings. The van der Waals surface area contributed by atoms with E-state index in [2.05, 4.69) is 10.3 Å². The summed E-state index contributed by atoms with van der Waals surface area (Å²) in [5, 5.41) is 2.90. The molecular formula is C26H30N2O4. The molecule has 0 aliphatic heterocycles. The van der Waals surface area contributed by atoms with Crippen LogP contribution in [0.15, 0.2) is 54.6 Å². The molecule has 3 rings (SSSR count). The molecule has 1 amide bonds. The minimum absolute atomic E-state index is 0.0387. The van der Waals surface area contributed by atoms with Gasteiger partial charge in [-0.3, -0.25) is 9.59 Å². The highest BCUT2D eigenvalue weighted by Gasteiger charge is 2.19. The smallest absolute Gasteiger partial charge is 0.268 e. The summed E-state index contributed by atoms with van der Waals surface area (Å²) in [5.41, 5.74) is 3.61. The summed E-state index contributed by atoms with van der Waals surface area (Å²) >= 11 is 0. The van der Waals surface area contributed by atoms with Gasteiger partial charge in [0, 0.05) is 17.8 Å². The average molecular weight is 435 g/mol. The Kier molecular flexibility index (Phi) is 8.08. The first-order valence-electron chi connectivity index (χ1n) is 10.8. The molecule has 0 bridgehead atoms. The van der Waals surface area contributed by atoms with E-state index < -0.39 is 0 Å². The number of aromatic amines is 1. The first-order valence-corrected chi connectivity index (χ1v) is 10.8. The normalized spacial score (nSPS) is 10.6. The number of ether oxygens (including phenoxy) is 2. The fourth-order valence-electron chi connectivity index (χ4n) is 3.59. The summed E-state index contributed by atoms with van der Waals surface area (Å²) in [5.74, 6) is 1.36. The van der Waals surface area contributed by atoms with Crippen LogP contribution in [0.4, 0.5) is 0 Å². The Balaban J connectivity index is 1.34. The monoisotopic (exact) mass is 434 g/mol. The number of carbonyl (C=O) groups excluding carboxylic acids is 2. The largest absolute Gasteiger partial charge is 0.494 e. The molecule has 6 nitrogen and oxygen atoms in total. The fraction of sp³-hybridized carbons (Fsp3) is 0.308. The minimum atomic E-state index is -0.190. The van der Waals surface area contributed by atoms with Crippen LogP contribution in [0.1, 0.15) is 57.4 Å². The van der Waals surface area contributed by atoms with E-state index in [0.717, 1.165) is 35.6 Å². The number of hydrogen-bond donors (Lipinski definition) is 2. The van der Waals surface area contributed by atoms with E-state index >= 15 is 0 Å². The van der Waals surface area contributed by atoms with E-state index in [-0.39, 0.29) is 11.7 Å². The molecule has 1 heterocycles. The maximum atomic E-state index is 12.4. The van der Waals surface area contributed by atoms with Gasteiger partial charge >= 0.3 is 0 Å². The lowest BCUT2D eigenvalue weighted by molar-refractivity contribution is 0.0947. The minimum Gasteiger partial charge on any atom is -0.494 e. The summed E-state index contributed by atoms with van der Waals surface area (Å²) in [6.07, 6.45) is 1.61. The lowest BCUT2D eigenvalue weighted by Crippen LogP contribution is -2.25. The Labute approximate surface area is 189 Å². The van der Waals surface area contributed by atoms with Crippen molar-refractivity contribution >= 4 is 11.7 Å². The highest BCUT2D eigenvalue weighted by molar-refractivity contribution is 6.02. The molecule has 0 fully saturated rings. The number of Topliss-reactive ketones (excluding diaryl/α,β-unsaturated/α-hetero) is 1. The van der Waals surface area contributed by atoms with Crippen molar-refractivity contribution in [2.24, 2.45) is 0 Å². The number of hydrogen-bond acceptors (Lipinski definition) is 4. The van der Waals surface area contributed by atoms with Crippen molar-refractivity contribution in [2.45, 2.75) is 40.2 Å². The summed E-state index contributed by atoms with van der Waals surface area (Å²) in [6, 6.07) is 17.6. The third kappa shape index (κ3) is 6.23. The Morgan fingerprint density at radius 3 is 2.19 bits per heavy atom. The zero-order valence-electron chi connectivity index (χ0n) is 18.9. The number of benzene rings is 2. The van der Waals surface area contributed by atoms with Crippen LogP contribution in [0, 0.1) is 13.8 Å². The molecule has 0 aliphatic carbocycles. The summed E-state index contributed by atoms with van der Waals surface area (Å²) < 4.78 is 11.5. The second-order valence-electron chi connectivity index (χ2n) is 7.74. The van der Waals surface area contributed by atoms with E-state index in [9.17, 15) is 9.59 Å². The number of amides is 1. The zero-order chi connectivity index (χ0) is 22.9. The van der Waals surface area contributed by atoms with Gasteiger partial charge in [-0.05, 0) is 69.0 Å². The van der Waals surface area contributed by atoms with Crippen LogP contribution in [0.5, 0.6) is 11.5 Å². The average Bonchev–Trinajstić information content (AvgIpc) is 3.10. The SMILES string of the molecule is CC(=O)c1c(C)[nH]c(C(=O)NCCCCOc2ccc(OCc3ccccc3)cc2)c1C. The standard InChI is InChI=1S/C26H30N2O4/c1-18-24(20(3)29)19(2)28-25(18)26(30)27-15-7-8-16-31-22-11-13-23(14-12-22)32-17-21-9-5-4-6-10-21/h4-6,9-14,28H,7-8,15-17H2,1-3H3,(H,27,30). The summed E-state index contributed by atoms with van der Waals surface area (Å²) in [4.78, 5) is 27.1. The molecule has 0 atom stereocenters. The highest BCUT2D eigenvalue weighted by Crippen LogP contribution is 2.20.